The van der Waals surface area contributed by atoms with Crippen molar-refractivity contribution >= 4 is 27.5 Å². The van der Waals surface area contributed by atoms with Gasteiger partial charge in [0.05, 0.1) is 12.7 Å². The Morgan fingerprint density at radius 2 is 2.22 bits per heavy atom. The van der Waals surface area contributed by atoms with E-state index in [0.29, 0.717) is 18.7 Å². The maximum atomic E-state index is 7.36. The number of anilines is 1. The number of hydrogen-bond donors (Lipinski definition) is 3. The van der Waals surface area contributed by atoms with Crippen molar-refractivity contribution in [2.24, 2.45) is 5.73 Å². The summed E-state index contributed by atoms with van der Waals surface area (Å²) in [6.45, 7) is 1.18. The molecule has 1 atom stereocenters. The van der Waals surface area contributed by atoms with E-state index in [-0.39, 0.29) is 11.9 Å². The van der Waals surface area contributed by atoms with Gasteiger partial charge in [-0.15, -0.1) is 0 Å². The highest BCUT2D eigenvalue weighted by Gasteiger charge is 2.08. The van der Waals surface area contributed by atoms with Gasteiger partial charge in [0.1, 0.15) is 5.84 Å². The predicted octanol–water partition coefficient (Wildman–Crippen LogP) is 1.81. The number of ether oxygens (including phenoxy) is 2. The molecule has 0 aromatic heterocycles. The van der Waals surface area contributed by atoms with Crippen molar-refractivity contribution in [3.8, 4) is 0 Å². The Morgan fingerprint density at radius 3 is 2.72 bits per heavy atom. The number of hydrogen-bond acceptors (Lipinski definition) is 4. The van der Waals surface area contributed by atoms with Gasteiger partial charge < -0.3 is 20.5 Å². The number of benzene rings is 1. The monoisotopic (exact) mass is 315 g/mol. The highest BCUT2D eigenvalue weighted by atomic mass is 79.9. The van der Waals surface area contributed by atoms with E-state index in [1.54, 1.807) is 20.3 Å². The molecule has 0 fully saturated rings. The standard InChI is InChI=1S/C12H18BrN3O2/c1-17-7-9(18-2)6-16-11-4-3-8(12(14)15)5-10(11)13/h3-5,9,16H,6-7H2,1-2H3,(H3,14,15). The molecule has 0 amide bonds. The summed E-state index contributed by atoms with van der Waals surface area (Å²) in [4.78, 5) is 0. The van der Waals surface area contributed by atoms with Crippen LogP contribution in [-0.2, 0) is 9.47 Å². The molecule has 6 heteroatoms. The van der Waals surface area contributed by atoms with Crippen molar-refractivity contribution in [2.75, 3.05) is 32.7 Å². The number of amidine groups is 1. The molecule has 1 aromatic carbocycles. The molecule has 100 valence electrons. The van der Waals surface area contributed by atoms with Crippen molar-refractivity contribution in [1.29, 1.82) is 5.41 Å². The number of nitrogens with two attached hydrogens (primary N) is 1. The fourth-order valence-electron chi connectivity index (χ4n) is 1.45. The fraction of sp³-hybridized carbons (Fsp3) is 0.417. The summed E-state index contributed by atoms with van der Waals surface area (Å²) in [6, 6.07) is 5.48. The average molecular weight is 316 g/mol. The van der Waals surface area contributed by atoms with E-state index < -0.39 is 0 Å². The smallest absolute Gasteiger partial charge is 0.122 e. The molecule has 0 aliphatic carbocycles. The Hall–Kier alpha value is -1.11. The van der Waals surface area contributed by atoms with Crippen LogP contribution in [0, 0.1) is 5.41 Å². The summed E-state index contributed by atoms with van der Waals surface area (Å²) in [6.07, 6.45) is -0.00520. The molecule has 0 saturated heterocycles. The van der Waals surface area contributed by atoms with E-state index in [4.69, 9.17) is 20.6 Å². The third-order valence-electron chi connectivity index (χ3n) is 2.49. The highest BCUT2D eigenvalue weighted by molar-refractivity contribution is 9.10. The van der Waals surface area contributed by atoms with Crippen molar-refractivity contribution < 1.29 is 9.47 Å². The SMILES string of the molecule is COCC(CNc1ccc(C(=N)N)cc1Br)OC. The fourth-order valence-corrected chi connectivity index (χ4v) is 1.96. The van der Waals surface area contributed by atoms with E-state index in [1.807, 2.05) is 12.1 Å². The Balaban J connectivity index is 2.65. The molecule has 0 aliphatic rings. The minimum atomic E-state index is -0.00520. The summed E-state index contributed by atoms with van der Waals surface area (Å²) >= 11 is 3.44. The summed E-state index contributed by atoms with van der Waals surface area (Å²) in [5.41, 5.74) is 7.04. The second-order valence-electron chi connectivity index (χ2n) is 3.80. The van der Waals surface area contributed by atoms with Gasteiger partial charge in [0.2, 0.25) is 0 Å². The van der Waals surface area contributed by atoms with Crippen molar-refractivity contribution in [1.82, 2.24) is 0 Å². The van der Waals surface area contributed by atoms with E-state index in [9.17, 15) is 0 Å². The van der Waals surface area contributed by atoms with Crippen LogP contribution in [0.1, 0.15) is 5.56 Å². The van der Waals surface area contributed by atoms with E-state index in [0.717, 1.165) is 10.2 Å². The van der Waals surface area contributed by atoms with Crippen molar-refractivity contribution in [3.05, 3.63) is 28.2 Å². The van der Waals surface area contributed by atoms with E-state index >= 15 is 0 Å². The molecular weight excluding hydrogens is 298 g/mol. The maximum absolute atomic E-state index is 7.36. The topological polar surface area (TPSA) is 80.4 Å². The zero-order valence-corrected chi connectivity index (χ0v) is 12.1. The molecule has 5 nitrogen and oxygen atoms in total. The molecule has 1 aromatic rings. The lowest BCUT2D eigenvalue weighted by atomic mass is 10.2. The largest absolute Gasteiger partial charge is 0.384 e. The van der Waals surface area contributed by atoms with Crippen LogP contribution in [0.3, 0.4) is 0 Å². The third kappa shape index (κ3) is 4.29. The number of halogens is 1. The lowest BCUT2D eigenvalue weighted by molar-refractivity contribution is 0.0365. The number of nitrogen functional groups attached to an aromatic ring is 1. The number of nitrogens with one attached hydrogen (secondary N) is 2. The van der Waals surface area contributed by atoms with Gasteiger partial charge in [0.15, 0.2) is 0 Å². The van der Waals surface area contributed by atoms with Crippen LogP contribution in [0.4, 0.5) is 5.69 Å². The Labute approximate surface area is 115 Å². The molecule has 0 bridgehead atoms. The van der Waals surface area contributed by atoms with Gasteiger partial charge in [-0.2, -0.15) is 0 Å². The Morgan fingerprint density at radius 1 is 1.50 bits per heavy atom. The number of rotatable bonds is 7. The third-order valence-corrected chi connectivity index (χ3v) is 3.14. The first-order valence-corrected chi connectivity index (χ1v) is 6.27. The van der Waals surface area contributed by atoms with Crippen molar-refractivity contribution in [2.45, 2.75) is 6.10 Å². The van der Waals surface area contributed by atoms with Crippen LogP contribution >= 0.6 is 15.9 Å². The Bertz CT molecular complexity index is 412. The normalized spacial score (nSPS) is 12.2. The molecule has 4 N–H and O–H groups in total. The molecular formula is C12H18BrN3O2. The molecule has 0 saturated carbocycles. The zero-order valence-electron chi connectivity index (χ0n) is 10.5. The molecule has 0 spiro atoms. The van der Waals surface area contributed by atoms with Crippen LogP contribution < -0.4 is 11.1 Å². The van der Waals surface area contributed by atoms with Gasteiger partial charge in [0, 0.05) is 36.5 Å². The summed E-state index contributed by atoms with van der Waals surface area (Å²) < 4.78 is 11.2. The molecule has 0 aliphatic heterocycles. The summed E-state index contributed by atoms with van der Waals surface area (Å²) in [5, 5.41) is 10.6. The quantitative estimate of drug-likeness (QED) is 0.529. The predicted molar refractivity (Wildman–Crippen MR) is 76.3 cm³/mol. The first-order valence-electron chi connectivity index (χ1n) is 5.48. The van der Waals surface area contributed by atoms with Gasteiger partial charge in [0.25, 0.3) is 0 Å². The minimum absolute atomic E-state index is 0.00520. The molecule has 1 unspecified atom stereocenters. The second-order valence-corrected chi connectivity index (χ2v) is 4.66. The second kappa shape index (κ2) is 7.35. The summed E-state index contributed by atoms with van der Waals surface area (Å²) in [7, 11) is 3.29. The Kier molecular flexibility index (Phi) is 6.11. The highest BCUT2D eigenvalue weighted by Crippen LogP contribution is 2.23. The van der Waals surface area contributed by atoms with Crippen LogP contribution in [-0.4, -0.2) is 39.3 Å². The van der Waals surface area contributed by atoms with Crippen LogP contribution in [0.25, 0.3) is 0 Å². The number of methoxy groups -OCH3 is 2. The van der Waals surface area contributed by atoms with Crippen LogP contribution in [0.2, 0.25) is 0 Å². The van der Waals surface area contributed by atoms with Crippen LogP contribution in [0.5, 0.6) is 0 Å². The first kappa shape index (κ1) is 14.9. The lowest BCUT2D eigenvalue weighted by Gasteiger charge is -2.16. The van der Waals surface area contributed by atoms with E-state index in [1.165, 1.54) is 0 Å². The molecule has 1 rings (SSSR count). The molecule has 0 radical (unpaired) electrons. The minimum Gasteiger partial charge on any atom is -0.384 e. The molecule has 18 heavy (non-hydrogen) atoms. The zero-order chi connectivity index (χ0) is 13.5. The first-order chi connectivity index (χ1) is 8.58. The van der Waals surface area contributed by atoms with Gasteiger partial charge in [-0.3, -0.25) is 5.41 Å². The van der Waals surface area contributed by atoms with E-state index in [2.05, 4.69) is 21.2 Å². The van der Waals surface area contributed by atoms with Crippen LogP contribution in [0.15, 0.2) is 22.7 Å². The van der Waals surface area contributed by atoms with Gasteiger partial charge in [-0.1, -0.05) is 0 Å². The molecule has 0 heterocycles. The van der Waals surface area contributed by atoms with Gasteiger partial charge in [-0.05, 0) is 34.1 Å². The maximum Gasteiger partial charge on any atom is 0.122 e. The van der Waals surface area contributed by atoms with Gasteiger partial charge in [-0.25, -0.2) is 0 Å². The lowest BCUT2D eigenvalue weighted by Crippen LogP contribution is -2.26. The average Bonchev–Trinajstić information content (AvgIpc) is 2.35. The summed E-state index contributed by atoms with van der Waals surface area (Å²) in [5.74, 6) is 0.0522. The van der Waals surface area contributed by atoms with Gasteiger partial charge >= 0.3 is 0 Å². The van der Waals surface area contributed by atoms with Crippen molar-refractivity contribution in [3.63, 3.8) is 0 Å².